The number of ether oxygens (including phenoxy) is 1. The molecule has 1 N–H and O–H groups in total. The molecule has 7 nitrogen and oxygen atoms in total. The van der Waals surface area contributed by atoms with E-state index >= 15 is 0 Å². The van der Waals surface area contributed by atoms with Gasteiger partial charge in [-0.05, 0) is 29.8 Å². The van der Waals surface area contributed by atoms with Crippen LogP contribution in [0.3, 0.4) is 0 Å². The predicted molar refractivity (Wildman–Crippen MR) is 119 cm³/mol. The van der Waals surface area contributed by atoms with Gasteiger partial charge in [0, 0.05) is 43.8 Å². The lowest BCUT2D eigenvalue weighted by molar-refractivity contribution is -0.120. The number of aliphatic hydroxyl groups is 1. The molecule has 0 bridgehead atoms. The first-order valence-electron chi connectivity index (χ1n) is 10.1. The Morgan fingerprint density at radius 2 is 1.71 bits per heavy atom. The van der Waals surface area contributed by atoms with Gasteiger partial charge in [0.15, 0.2) is 0 Å². The SMILES string of the molecule is COc1cccc(N2C(=O)C(c3ccc(Cl)cc3)=C(N3CCN(CCO)CC3)C2=O)c1. The van der Waals surface area contributed by atoms with Gasteiger partial charge in [-0.2, -0.15) is 0 Å². The molecule has 2 heterocycles. The lowest BCUT2D eigenvalue weighted by atomic mass is 10.0. The van der Waals surface area contributed by atoms with Crippen LogP contribution < -0.4 is 9.64 Å². The van der Waals surface area contributed by atoms with E-state index in [1.807, 2.05) is 4.90 Å². The number of carbonyl (C=O) groups is 2. The summed E-state index contributed by atoms with van der Waals surface area (Å²) in [6.45, 7) is 3.30. The van der Waals surface area contributed by atoms with Gasteiger partial charge < -0.3 is 14.7 Å². The van der Waals surface area contributed by atoms with Crippen LogP contribution in [-0.4, -0.2) is 73.2 Å². The number of aliphatic hydroxyl groups excluding tert-OH is 1. The number of β-amino-alcohol motifs (C(OH)–C–C–N with tert-alkyl or cyclic N) is 1. The molecule has 0 aliphatic carbocycles. The van der Waals surface area contributed by atoms with E-state index in [1.165, 1.54) is 4.90 Å². The third-order valence-corrected chi connectivity index (χ3v) is 5.86. The molecule has 31 heavy (non-hydrogen) atoms. The van der Waals surface area contributed by atoms with Crippen LogP contribution in [0.4, 0.5) is 5.69 Å². The molecule has 2 aliphatic rings. The summed E-state index contributed by atoms with van der Waals surface area (Å²) in [6, 6.07) is 13.9. The Labute approximate surface area is 186 Å². The molecular weight excluding hydrogens is 418 g/mol. The number of piperazine rings is 1. The summed E-state index contributed by atoms with van der Waals surface area (Å²) in [6.07, 6.45) is 0. The summed E-state index contributed by atoms with van der Waals surface area (Å²) in [5.41, 5.74) is 1.90. The molecule has 1 fully saturated rings. The first-order valence-corrected chi connectivity index (χ1v) is 10.5. The molecule has 2 aliphatic heterocycles. The summed E-state index contributed by atoms with van der Waals surface area (Å²) in [4.78, 5) is 32.4. The van der Waals surface area contributed by atoms with Crippen molar-refractivity contribution in [1.29, 1.82) is 0 Å². The summed E-state index contributed by atoms with van der Waals surface area (Å²) < 4.78 is 5.27. The van der Waals surface area contributed by atoms with E-state index < -0.39 is 0 Å². The van der Waals surface area contributed by atoms with Crippen LogP contribution in [0.5, 0.6) is 5.75 Å². The van der Waals surface area contributed by atoms with Gasteiger partial charge >= 0.3 is 0 Å². The second-order valence-electron chi connectivity index (χ2n) is 7.43. The Morgan fingerprint density at radius 3 is 2.35 bits per heavy atom. The topological polar surface area (TPSA) is 73.3 Å². The van der Waals surface area contributed by atoms with Crippen LogP contribution in [-0.2, 0) is 9.59 Å². The van der Waals surface area contributed by atoms with E-state index in [-0.39, 0.29) is 18.4 Å². The number of imide groups is 1. The van der Waals surface area contributed by atoms with E-state index in [9.17, 15) is 14.7 Å². The molecule has 2 aromatic rings. The molecule has 2 aromatic carbocycles. The van der Waals surface area contributed by atoms with Gasteiger partial charge in [-0.3, -0.25) is 14.5 Å². The molecule has 0 saturated carbocycles. The highest BCUT2D eigenvalue weighted by Gasteiger charge is 2.43. The zero-order valence-corrected chi connectivity index (χ0v) is 18.0. The third-order valence-electron chi connectivity index (χ3n) is 5.61. The number of anilines is 1. The largest absolute Gasteiger partial charge is 0.497 e. The molecular formula is C23H24ClN3O4. The zero-order valence-electron chi connectivity index (χ0n) is 17.3. The minimum absolute atomic E-state index is 0.0970. The quantitative estimate of drug-likeness (QED) is 0.693. The molecule has 0 unspecified atom stereocenters. The number of carbonyl (C=O) groups excluding carboxylic acids is 2. The van der Waals surface area contributed by atoms with Crippen LogP contribution in [0.1, 0.15) is 5.56 Å². The predicted octanol–water partition coefficient (Wildman–Crippen LogP) is 2.24. The summed E-state index contributed by atoms with van der Waals surface area (Å²) in [7, 11) is 1.54. The molecule has 0 spiro atoms. The Morgan fingerprint density at radius 1 is 1.00 bits per heavy atom. The van der Waals surface area contributed by atoms with Crippen molar-refractivity contribution in [3.8, 4) is 5.75 Å². The average Bonchev–Trinajstić information content (AvgIpc) is 3.05. The van der Waals surface area contributed by atoms with Crippen molar-refractivity contribution >= 4 is 34.7 Å². The van der Waals surface area contributed by atoms with Gasteiger partial charge in [0.25, 0.3) is 11.8 Å². The highest BCUT2D eigenvalue weighted by atomic mass is 35.5. The second kappa shape index (κ2) is 9.09. The van der Waals surface area contributed by atoms with Crippen molar-refractivity contribution in [1.82, 2.24) is 9.80 Å². The van der Waals surface area contributed by atoms with Gasteiger partial charge in [-0.25, -0.2) is 4.90 Å². The number of nitrogens with zero attached hydrogens (tertiary/aromatic N) is 3. The van der Waals surface area contributed by atoms with Crippen molar-refractivity contribution in [2.75, 3.05) is 51.3 Å². The maximum atomic E-state index is 13.6. The summed E-state index contributed by atoms with van der Waals surface area (Å²) in [5.74, 6) is -0.149. The minimum Gasteiger partial charge on any atom is -0.497 e. The highest BCUT2D eigenvalue weighted by Crippen LogP contribution is 2.36. The normalized spacial score (nSPS) is 17.6. The zero-order chi connectivity index (χ0) is 22.0. The Bertz CT molecular complexity index is 1010. The van der Waals surface area contributed by atoms with Crippen molar-refractivity contribution in [2.24, 2.45) is 0 Å². The number of benzene rings is 2. The average molecular weight is 442 g/mol. The molecule has 4 rings (SSSR count). The summed E-state index contributed by atoms with van der Waals surface area (Å²) in [5, 5.41) is 9.76. The van der Waals surface area contributed by atoms with Gasteiger partial charge in [-0.1, -0.05) is 29.8 Å². The van der Waals surface area contributed by atoms with Gasteiger partial charge in [-0.15, -0.1) is 0 Å². The fraction of sp³-hybridized carbons (Fsp3) is 0.304. The summed E-state index contributed by atoms with van der Waals surface area (Å²) >= 11 is 6.04. The first-order chi connectivity index (χ1) is 15.0. The minimum atomic E-state index is -0.367. The van der Waals surface area contributed by atoms with Gasteiger partial charge in [0.1, 0.15) is 11.4 Å². The van der Waals surface area contributed by atoms with Crippen molar-refractivity contribution < 1.29 is 19.4 Å². The van der Waals surface area contributed by atoms with Crippen molar-refractivity contribution in [3.63, 3.8) is 0 Å². The van der Waals surface area contributed by atoms with Crippen LogP contribution in [0.15, 0.2) is 54.2 Å². The fourth-order valence-electron chi connectivity index (χ4n) is 4.01. The molecule has 1 saturated heterocycles. The number of rotatable bonds is 6. The number of hydrogen-bond donors (Lipinski definition) is 1. The van der Waals surface area contributed by atoms with Crippen LogP contribution in [0.2, 0.25) is 5.02 Å². The van der Waals surface area contributed by atoms with Crippen LogP contribution >= 0.6 is 11.6 Å². The number of halogens is 1. The Hall–Kier alpha value is -2.87. The third kappa shape index (κ3) is 4.17. The van der Waals surface area contributed by atoms with Gasteiger partial charge in [0.05, 0.1) is 25.0 Å². The van der Waals surface area contributed by atoms with Crippen molar-refractivity contribution in [2.45, 2.75) is 0 Å². The van der Waals surface area contributed by atoms with E-state index in [1.54, 1.807) is 55.6 Å². The Kier molecular flexibility index (Phi) is 6.27. The van der Waals surface area contributed by atoms with Gasteiger partial charge in [0.2, 0.25) is 0 Å². The first kappa shape index (κ1) is 21.4. The standard InChI is InChI=1S/C23H24ClN3O4/c1-31-19-4-2-3-18(15-19)27-22(29)20(16-5-7-17(24)8-6-16)21(23(27)30)26-11-9-25(10-12-26)13-14-28/h2-8,15,28H,9-14H2,1H3. The highest BCUT2D eigenvalue weighted by molar-refractivity contribution is 6.45. The molecule has 162 valence electrons. The van der Waals surface area contributed by atoms with E-state index in [2.05, 4.69) is 4.90 Å². The van der Waals surface area contributed by atoms with E-state index in [0.29, 0.717) is 66.0 Å². The maximum Gasteiger partial charge on any atom is 0.282 e. The monoisotopic (exact) mass is 441 g/mol. The lowest BCUT2D eigenvalue weighted by Gasteiger charge is -2.36. The fourth-order valence-corrected chi connectivity index (χ4v) is 4.13. The number of hydrogen-bond acceptors (Lipinski definition) is 6. The second-order valence-corrected chi connectivity index (χ2v) is 7.87. The maximum absolute atomic E-state index is 13.6. The lowest BCUT2D eigenvalue weighted by Crippen LogP contribution is -2.48. The molecule has 8 heteroatoms. The van der Waals surface area contributed by atoms with E-state index in [0.717, 1.165) is 0 Å². The molecule has 0 aromatic heterocycles. The van der Waals surface area contributed by atoms with Crippen LogP contribution in [0.25, 0.3) is 5.57 Å². The van der Waals surface area contributed by atoms with Crippen LogP contribution in [0, 0.1) is 0 Å². The Balaban J connectivity index is 1.74. The molecule has 0 radical (unpaired) electrons. The number of amides is 2. The number of methoxy groups -OCH3 is 1. The molecule has 2 amide bonds. The smallest absolute Gasteiger partial charge is 0.282 e. The van der Waals surface area contributed by atoms with Crippen molar-refractivity contribution in [3.05, 3.63) is 64.8 Å². The molecule has 0 atom stereocenters. The van der Waals surface area contributed by atoms with E-state index in [4.69, 9.17) is 16.3 Å².